The van der Waals surface area contributed by atoms with E-state index in [1.807, 2.05) is 0 Å². The van der Waals surface area contributed by atoms with Crippen LogP contribution in [-0.2, 0) is 9.53 Å². The lowest BCUT2D eigenvalue weighted by molar-refractivity contribution is -0.173. The van der Waals surface area contributed by atoms with Gasteiger partial charge in [-0.1, -0.05) is 12.8 Å². The lowest BCUT2D eigenvalue weighted by Gasteiger charge is -2.12. The van der Waals surface area contributed by atoms with Crippen molar-refractivity contribution >= 4 is 5.91 Å². The van der Waals surface area contributed by atoms with Gasteiger partial charge >= 0.3 is 6.18 Å². The average molecular weight is 268 g/mol. The van der Waals surface area contributed by atoms with Crippen molar-refractivity contribution in [3.8, 4) is 0 Å². The van der Waals surface area contributed by atoms with Crippen molar-refractivity contribution in [1.29, 1.82) is 0 Å². The van der Waals surface area contributed by atoms with E-state index in [0.717, 1.165) is 25.7 Å². The fourth-order valence-electron chi connectivity index (χ4n) is 1.88. The van der Waals surface area contributed by atoms with Crippen LogP contribution in [0.1, 0.15) is 25.7 Å². The summed E-state index contributed by atoms with van der Waals surface area (Å²) in [5.41, 5.74) is 0. The molecule has 4 nitrogen and oxygen atoms in total. The molecule has 7 heteroatoms. The van der Waals surface area contributed by atoms with Gasteiger partial charge in [-0.25, -0.2) is 0 Å². The quantitative estimate of drug-likeness (QED) is 0.682. The number of hydrogen-bond donors (Lipinski definition) is 2. The first-order chi connectivity index (χ1) is 8.47. The molecule has 0 aromatic carbocycles. The van der Waals surface area contributed by atoms with Crippen LogP contribution in [0.4, 0.5) is 13.2 Å². The zero-order valence-electron chi connectivity index (χ0n) is 10.2. The van der Waals surface area contributed by atoms with Gasteiger partial charge < -0.3 is 15.4 Å². The molecule has 1 aliphatic carbocycles. The van der Waals surface area contributed by atoms with Gasteiger partial charge in [0.05, 0.1) is 13.2 Å². The summed E-state index contributed by atoms with van der Waals surface area (Å²) in [7, 11) is 0. The minimum absolute atomic E-state index is 0.0593. The first-order valence-corrected chi connectivity index (χ1v) is 6.12. The van der Waals surface area contributed by atoms with Crippen LogP contribution in [0.5, 0.6) is 0 Å². The molecule has 0 aliphatic heterocycles. The number of carbonyl (C=O) groups excluding carboxylic acids is 1. The second-order valence-electron chi connectivity index (χ2n) is 4.39. The van der Waals surface area contributed by atoms with Gasteiger partial charge in [0.25, 0.3) is 0 Å². The van der Waals surface area contributed by atoms with Crippen LogP contribution in [0.2, 0.25) is 0 Å². The van der Waals surface area contributed by atoms with E-state index in [-0.39, 0.29) is 31.6 Å². The van der Waals surface area contributed by atoms with Gasteiger partial charge in [0.15, 0.2) is 0 Å². The number of halogens is 3. The van der Waals surface area contributed by atoms with Crippen LogP contribution in [0, 0.1) is 0 Å². The predicted molar refractivity (Wildman–Crippen MR) is 60.1 cm³/mol. The maximum atomic E-state index is 11.7. The van der Waals surface area contributed by atoms with E-state index in [1.54, 1.807) is 0 Å². The molecular formula is C11H19F3N2O2. The van der Waals surface area contributed by atoms with E-state index in [1.165, 1.54) is 0 Å². The molecule has 0 bridgehead atoms. The van der Waals surface area contributed by atoms with E-state index in [0.29, 0.717) is 0 Å². The molecule has 1 fully saturated rings. The van der Waals surface area contributed by atoms with Gasteiger partial charge in [0, 0.05) is 12.6 Å². The van der Waals surface area contributed by atoms with Gasteiger partial charge in [0.2, 0.25) is 5.91 Å². The Morgan fingerprint density at radius 1 is 1.28 bits per heavy atom. The molecule has 0 atom stereocenters. The number of carbonyl (C=O) groups is 1. The maximum absolute atomic E-state index is 11.7. The Labute approximate surface area is 104 Å². The lowest BCUT2D eigenvalue weighted by Crippen LogP contribution is -2.40. The zero-order valence-corrected chi connectivity index (χ0v) is 10.2. The largest absolute Gasteiger partial charge is 0.411 e. The van der Waals surface area contributed by atoms with E-state index in [4.69, 9.17) is 0 Å². The third-order valence-electron chi connectivity index (χ3n) is 2.69. The molecule has 1 amide bonds. The van der Waals surface area contributed by atoms with Crippen molar-refractivity contribution in [2.45, 2.75) is 37.9 Å². The Morgan fingerprint density at radius 3 is 2.56 bits per heavy atom. The third-order valence-corrected chi connectivity index (χ3v) is 2.69. The molecule has 1 rings (SSSR count). The zero-order chi connectivity index (χ0) is 13.4. The number of hydrogen-bond acceptors (Lipinski definition) is 3. The summed E-state index contributed by atoms with van der Waals surface area (Å²) < 4.78 is 39.5. The molecule has 0 spiro atoms. The van der Waals surface area contributed by atoms with Crippen molar-refractivity contribution < 1.29 is 22.7 Å². The van der Waals surface area contributed by atoms with Crippen LogP contribution >= 0.6 is 0 Å². The van der Waals surface area contributed by atoms with Crippen molar-refractivity contribution in [3.63, 3.8) is 0 Å². The molecule has 106 valence electrons. The molecule has 0 saturated heterocycles. The van der Waals surface area contributed by atoms with Crippen molar-refractivity contribution in [1.82, 2.24) is 10.6 Å². The van der Waals surface area contributed by atoms with Gasteiger partial charge in [0.1, 0.15) is 6.61 Å². The number of nitrogens with one attached hydrogen (secondary N) is 2. The molecule has 18 heavy (non-hydrogen) atoms. The van der Waals surface area contributed by atoms with Crippen molar-refractivity contribution in [2.75, 3.05) is 26.3 Å². The number of ether oxygens (including phenoxy) is 1. The first kappa shape index (κ1) is 15.2. The summed E-state index contributed by atoms with van der Waals surface area (Å²) in [5, 5.41) is 5.61. The van der Waals surface area contributed by atoms with Gasteiger partial charge in [-0.3, -0.25) is 4.79 Å². The fraction of sp³-hybridized carbons (Fsp3) is 0.909. The van der Waals surface area contributed by atoms with Crippen LogP contribution in [0.3, 0.4) is 0 Å². The molecule has 1 saturated carbocycles. The topological polar surface area (TPSA) is 50.4 Å². The Hall–Kier alpha value is -0.820. The minimum Gasteiger partial charge on any atom is -0.371 e. The maximum Gasteiger partial charge on any atom is 0.411 e. The summed E-state index contributed by atoms with van der Waals surface area (Å²) in [6.45, 7) is -0.959. The highest BCUT2D eigenvalue weighted by molar-refractivity contribution is 5.78. The summed E-state index contributed by atoms with van der Waals surface area (Å²) in [6, 6.07) is 0.265. The van der Waals surface area contributed by atoms with Gasteiger partial charge in [-0.05, 0) is 12.8 Å². The molecule has 0 heterocycles. The molecule has 0 aromatic heterocycles. The van der Waals surface area contributed by atoms with Crippen LogP contribution in [0.25, 0.3) is 0 Å². The summed E-state index contributed by atoms with van der Waals surface area (Å²) in [5.74, 6) is -0.113. The lowest BCUT2D eigenvalue weighted by atomic mass is 10.2. The molecule has 0 unspecified atom stereocenters. The van der Waals surface area contributed by atoms with E-state index < -0.39 is 12.8 Å². The summed E-state index contributed by atoms with van der Waals surface area (Å²) in [4.78, 5) is 11.4. The normalized spacial score (nSPS) is 17.1. The van der Waals surface area contributed by atoms with Gasteiger partial charge in [-0.15, -0.1) is 0 Å². The summed E-state index contributed by atoms with van der Waals surface area (Å²) in [6.07, 6.45) is 0.0219. The van der Waals surface area contributed by atoms with Crippen LogP contribution < -0.4 is 10.6 Å². The fourth-order valence-corrected chi connectivity index (χ4v) is 1.88. The summed E-state index contributed by atoms with van der Waals surface area (Å²) >= 11 is 0. The van der Waals surface area contributed by atoms with Crippen LogP contribution in [-0.4, -0.2) is 44.4 Å². The predicted octanol–water partition coefficient (Wildman–Crippen LogP) is 1.21. The third kappa shape index (κ3) is 7.50. The Kier molecular flexibility index (Phi) is 6.42. The standard InChI is InChI=1S/C11H19F3N2O2/c12-11(13,14)8-18-6-5-15-7-10(17)16-9-3-1-2-4-9/h9,15H,1-8H2,(H,16,17). The second kappa shape index (κ2) is 7.58. The monoisotopic (exact) mass is 268 g/mol. The molecule has 2 N–H and O–H groups in total. The van der Waals surface area contributed by atoms with Gasteiger partial charge in [-0.2, -0.15) is 13.2 Å². The number of rotatable bonds is 7. The van der Waals surface area contributed by atoms with E-state index in [2.05, 4.69) is 15.4 Å². The van der Waals surface area contributed by atoms with Crippen molar-refractivity contribution in [2.24, 2.45) is 0 Å². The number of alkyl halides is 3. The first-order valence-electron chi connectivity index (χ1n) is 6.12. The molecule has 0 radical (unpaired) electrons. The smallest absolute Gasteiger partial charge is 0.371 e. The molecule has 1 aliphatic rings. The second-order valence-corrected chi connectivity index (χ2v) is 4.39. The molecular weight excluding hydrogens is 249 g/mol. The van der Waals surface area contributed by atoms with E-state index >= 15 is 0 Å². The van der Waals surface area contributed by atoms with E-state index in [9.17, 15) is 18.0 Å². The average Bonchev–Trinajstić information content (AvgIpc) is 2.74. The number of amides is 1. The molecule has 0 aromatic rings. The Morgan fingerprint density at radius 2 is 1.94 bits per heavy atom. The SMILES string of the molecule is O=C(CNCCOCC(F)(F)F)NC1CCCC1. The highest BCUT2D eigenvalue weighted by atomic mass is 19.4. The minimum atomic E-state index is -4.29. The Bertz CT molecular complexity index is 253. The van der Waals surface area contributed by atoms with Crippen LogP contribution in [0.15, 0.2) is 0 Å². The Balaban J connectivity index is 1.92. The van der Waals surface area contributed by atoms with Crippen molar-refractivity contribution in [3.05, 3.63) is 0 Å². The highest BCUT2D eigenvalue weighted by Gasteiger charge is 2.27. The highest BCUT2D eigenvalue weighted by Crippen LogP contribution is 2.17.